The van der Waals surface area contributed by atoms with Gasteiger partial charge in [-0.3, -0.25) is 0 Å². The third-order valence-electron chi connectivity index (χ3n) is 1.54. The maximum atomic E-state index is 9.02. The minimum atomic E-state index is -0.268. The number of hydrogen-bond donors (Lipinski definition) is 2. The van der Waals surface area contributed by atoms with E-state index in [-0.39, 0.29) is 18.8 Å². The lowest BCUT2D eigenvalue weighted by molar-refractivity contribution is -0.0642. The first kappa shape index (κ1) is 6.99. The number of aliphatic hydroxyl groups is 2. The second kappa shape index (κ2) is 3.15. The standard InChI is InChI=1S/C6H12O3/c7-4-6-3-5(8)1-2-9-6/h5-8H,1-4H2. The van der Waals surface area contributed by atoms with Gasteiger partial charge in [0.1, 0.15) is 0 Å². The molecule has 3 nitrogen and oxygen atoms in total. The van der Waals surface area contributed by atoms with Crippen LogP contribution in [-0.2, 0) is 4.74 Å². The molecule has 1 heterocycles. The van der Waals surface area contributed by atoms with Crippen LogP contribution < -0.4 is 0 Å². The van der Waals surface area contributed by atoms with Crippen molar-refractivity contribution in [2.45, 2.75) is 25.0 Å². The predicted molar refractivity (Wildman–Crippen MR) is 32.1 cm³/mol. The van der Waals surface area contributed by atoms with Gasteiger partial charge in [0.2, 0.25) is 0 Å². The van der Waals surface area contributed by atoms with E-state index in [9.17, 15) is 0 Å². The minimum Gasteiger partial charge on any atom is -0.394 e. The third kappa shape index (κ3) is 1.93. The maximum absolute atomic E-state index is 9.02. The lowest BCUT2D eigenvalue weighted by Crippen LogP contribution is -2.31. The molecule has 1 aliphatic heterocycles. The number of hydrogen-bond acceptors (Lipinski definition) is 3. The van der Waals surface area contributed by atoms with Crippen LogP contribution in [0.4, 0.5) is 0 Å². The van der Waals surface area contributed by atoms with Crippen molar-refractivity contribution in [1.29, 1.82) is 0 Å². The first-order valence-electron chi connectivity index (χ1n) is 3.23. The number of ether oxygens (including phenoxy) is 1. The van der Waals surface area contributed by atoms with E-state index in [4.69, 9.17) is 14.9 Å². The Morgan fingerprint density at radius 2 is 2.33 bits per heavy atom. The van der Waals surface area contributed by atoms with Gasteiger partial charge in [0, 0.05) is 13.0 Å². The highest BCUT2D eigenvalue weighted by molar-refractivity contribution is 4.68. The van der Waals surface area contributed by atoms with Crippen LogP contribution in [0.1, 0.15) is 12.8 Å². The molecule has 0 spiro atoms. The summed E-state index contributed by atoms with van der Waals surface area (Å²) in [4.78, 5) is 0. The van der Waals surface area contributed by atoms with Crippen molar-refractivity contribution in [3.8, 4) is 0 Å². The highest BCUT2D eigenvalue weighted by atomic mass is 16.5. The molecule has 0 saturated carbocycles. The molecule has 9 heavy (non-hydrogen) atoms. The van der Waals surface area contributed by atoms with Crippen LogP contribution in [0.2, 0.25) is 0 Å². The highest BCUT2D eigenvalue weighted by Gasteiger charge is 2.19. The summed E-state index contributed by atoms with van der Waals surface area (Å²) < 4.78 is 5.09. The topological polar surface area (TPSA) is 49.7 Å². The van der Waals surface area contributed by atoms with Gasteiger partial charge in [0.15, 0.2) is 0 Å². The third-order valence-corrected chi connectivity index (χ3v) is 1.54. The molecule has 2 unspecified atom stereocenters. The van der Waals surface area contributed by atoms with E-state index < -0.39 is 0 Å². The van der Waals surface area contributed by atoms with Crippen molar-refractivity contribution in [2.24, 2.45) is 0 Å². The molecule has 2 atom stereocenters. The maximum Gasteiger partial charge on any atom is 0.0830 e. The van der Waals surface area contributed by atoms with Crippen molar-refractivity contribution in [3.05, 3.63) is 0 Å². The van der Waals surface area contributed by atoms with E-state index in [0.717, 1.165) is 0 Å². The Bertz CT molecular complexity index is 84.4. The van der Waals surface area contributed by atoms with Crippen molar-refractivity contribution >= 4 is 0 Å². The van der Waals surface area contributed by atoms with Gasteiger partial charge in [-0.05, 0) is 6.42 Å². The lowest BCUT2D eigenvalue weighted by atomic mass is 10.1. The summed E-state index contributed by atoms with van der Waals surface area (Å²) in [5.41, 5.74) is 0. The summed E-state index contributed by atoms with van der Waals surface area (Å²) in [7, 11) is 0. The Morgan fingerprint density at radius 3 is 2.78 bits per heavy atom. The van der Waals surface area contributed by atoms with Gasteiger partial charge >= 0.3 is 0 Å². The molecule has 0 aromatic carbocycles. The summed E-state index contributed by atoms with van der Waals surface area (Å²) in [5.74, 6) is 0. The zero-order valence-electron chi connectivity index (χ0n) is 5.29. The van der Waals surface area contributed by atoms with Gasteiger partial charge in [0.05, 0.1) is 18.8 Å². The molecule has 0 radical (unpaired) electrons. The van der Waals surface area contributed by atoms with Gasteiger partial charge in [-0.1, -0.05) is 0 Å². The number of aliphatic hydroxyl groups excluding tert-OH is 2. The van der Waals surface area contributed by atoms with Crippen LogP contribution in [0, 0.1) is 0 Å². The average molecular weight is 132 g/mol. The first-order valence-corrected chi connectivity index (χ1v) is 3.23. The van der Waals surface area contributed by atoms with Gasteiger partial charge in [-0.25, -0.2) is 0 Å². The van der Waals surface area contributed by atoms with E-state index >= 15 is 0 Å². The second-order valence-electron chi connectivity index (χ2n) is 2.35. The van der Waals surface area contributed by atoms with E-state index in [0.29, 0.717) is 19.4 Å². The molecule has 1 fully saturated rings. The SMILES string of the molecule is OCC1CC(O)CCO1. The molecule has 0 bridgehead atoms. The summed E-state index contributed by atoms with van der Waals surface area (Å²) in [5, 5.41) is 17.6. The molecular weight excluding hydrogens is 120 g/mol. The second-order valence-corrected chi connectivity index (χ2v) is 2.35. The smallest absolute Gasteiger partial charge is 0.0830 e. The molecule has 54 valence electrons. The summed E-state index contributed by atoms with van der Waals surface area (Å²) in [6, 6.07) is 0. The van der Waals surface area contributed by atoms with E-state index in [1.165, 1.54) is 0 Å². The summed E-state index contributed by atoms with van der Waals surface area (Å²) >= 11 is 0. The Balaban J connectivity index is 2.23. The molecule has 1 rings (SSSR count). The molecule has 0 amide bonds. The van der Waals surface area contributed by atoms with Crippen molar-refractivity contribution < 1.29 is 14.9 Å². The monoisotopic (exact) mass is 132 g/mol. The Labute approximate surface area is 54.3 Å². The fraction of sp³-hybridized carbons (Fsp3) is 1.00. The molecule has 0 aliphatic carbocycles. The Morgan fingerprint density at radius 1 is 1.56 bits per heavy atom. The zero-order chi connectivity index (χ0) is 6.69. The van der Waals surface area contributed by atoms with Gasteiger partial charge in [-0.2, -0.15) is 0 Å². The van der Waals surface area contributed by atoms with Crippen LogP contribution in [0.25, 0.3) is 0 Å². The van der Waals surface area contributed by atoms with E-state index in [2.05, 4.69) is 0 Å². The normalized spacial score (nSPS) is 36.7. The van der Waals surface area contributed by atoms with Gasteiger partial charge in [0.25, 0.3) is 0 Å². The van der Waals surface area contributed by atoms with Crippen LogP contribution in [0.3, 0.4) is 0 Å². The average Bonchev–Trinajstić information content (AvgIpc) is 1.88. The van der Waals surface area contributed by atoms with Crippen LogP contribution >= 0.6 is 0 Å². The fourth-order valence-electron chi connectivity index (χ4n) is 0.987. The quantitative estimate of drug-likeness (QED) is 0.506. The predicted octanol–water partition coefficient (Wildman–Crippen LogP) is -0.481. The molecule has 0 aromatic heterocycles. The lowest BCUT2D eigenvalue weighted by Gasteiger charge is -2.24. The van der Waals surface area contributed by atoms with Crippen LogP contribution in [0.15, 0.2) is 0 Å². The van der Waals surface area contributed by atoms with Crippen molar-refractivity contribution in [2.75, 3.05) is 13.2 Å². The largest absolute Gasteiger partial charge is 0.394 e. The molecule has 1 saturated heterocycles. The zero-order valence-corrected chi connectivity index (χ0v) is 5.29. The van der Waals surface area contributed by atoms with Gasteiger partial charge in [-0.15, -0.1) is 0 Å². The van der Waals surface area contributed by atoms with Crippen LogP contribution in [-0.4, -0.2) is 35.6 Å². The van der Waals surface area contributed by atoms with Crippen LogP contribution in [0.5, 0.6) is 0 Å². The number of rotatable bonds is 1. The fourth-order valence-corrected chi connectivity index (χ4v) is 0.987. The molecular formula is C6H12O3. The molecule has 3 heteroatoms. The Kier molecular flexibility index (Phi) is 2.45. The molecule has 2 N–H and O–H groups in total. The van der Waals surface area contributed by atoms with Gasteiger partial charge < -0.3 is 14.9 Å². The summed E-state index contributed by atoms with van der Waals surface area (Å²) in [6.45, 7) is 0.601. The highest BCUT2D eigenvalue weighted by Crippen LogP contribution is 2.12. The molecule has 0 aromatic rings. The Hall–Kier alpha value is -0.120. The minimum absolute atomic E-state index is 0.0249. The van der Waals surface area contributed by atoms with E-state index in [1.54, 1.807) is 0 Å². The van der Waals surface area contributed by atoms with E-state index in [1.807, 2.05) is 0 Å². The molecule has 1 aliphatic rings. The van der Waals surface area contributed by atoms with Crippen molar-refractivity contribution in [1.82, 2.24) is 0 Å². The first-order chi connectivity index (χ1) is 4.33. The van der Waals surface area contributed by atoms with Crippen molar-refractivity contribution in [3.63, 3.8) is 0 Å². The summed E-state index contributed by atoms with van der Waals surface area (Å²) in [6.07, 6.45) is 0.886.